The van der Waals surface area contributed by atoms with E-state index in [9.17, 15) is 13.2 Å². The molecule has 1 amide bonds. The van der Waals surface area contributed by atoms with Gasteiger partial charge in [-0.3, -0.25) is 9.10 Å². The summed E-state index contributed by atoms with van der Waals surface area (Å²) in [4.78, 5) is 12.9. The van der Waals surface area contributed by atoms with Gasteiger partial charge in [-0.25, -0.2) is 8.42 Å². The van der Waals surface area contributed by atoms with Crippen molar-refractivity contribution in [2.24, 2.45) is 0 Å². The van der Waals surface area contributed by atoms with Crippen LogP contribution in [0.3, 0.4) is 0 Å². The SMILES string of the molecule is CC[C@H](NC(=O)[C@@H](C)N(c1cccc(C)c1)S(C)(=O)=O)c1ccc(C)cc1. The molecule has 0 fully saturated rings. The van der Waals surface area contributed by atoms with Gasteiger partial charge in [0.25, 0.3) is 0 Å². The van der Waals surface area contributed by atoms with Crippen LogP contribution in [-0.4, -0.2) is 26.6 Å². The highest BCUT2D eigenvalue weighted by Gasteiger charge is 2.30. The van der Waals surface area contributed by atoms with Gasteiger partial charge in [-0.05, 0) is 50.5 Å². The standard InChI is InChI=1S/C21H28N2O3S/c1-6-20(18-12-10-15(2)11-13-18)22-21(24)17(4)23(27(5,25)26)19-9-7-8-16(3)14-19/h7-14,17,20H,6H2,1-5H3,(H,22,24)/t17-,20+/m1/s1. The number of carbonyl (C=O) groups excluding carboxylic acids is 1. The number of hydrogen-bond acceptors (Lipinski definition) is 3. The molecule has 2 aromatic rings. The summed E-state index contributed by atoms with van der Waals surface area (Å²) >= 11 is 0. The Kier molecular flexibility index (Phi) is 6.65. The van der Waals surface area contributed by atoms with Gasteiger partial charge in [0, 0.05) is 0 Å². The van der Waals surface area contributed by atoms with Crippen molar-refractivity contribution in [3.8, 4) is 0 Å². The van der Waals surface area contributed by atoms with Crippen LogP contribution in [0.5, 0.6) is 0 Å². The zero-order valence-electron chi connectivity index (χ0n) is 16.6. The van der Waals surface area contributed by atoms with E-state index in [0.717, 1.165) is 22.9 Å². The van der Waals surface area contributed by atoms with Crippen LogP contribution < -0.4 is 9.62 Å². The number of aryl methyl sites for hydroxylation is 2. The van der Waals surface area contributed by atoms with Crippen LogP contribution in [0.1, 0.15) is 43.0 Å². The van der Waals surface area contributed by atoms with Crippen molar-refractivity contribution in [3.63, 3.8) is 0 Å². The normalized spacial score (nSPS) is 13.7. The Hall–Kier alpha value is -2.34. The van der Waals surface area contributed by atoms with E-state index in [1.807, 2.05) is 51.1 Å². The van der Waals surface area contributed by atoms with E-state index in [-0.39, 0.29) is 11.9 Å². The number of anilines is 1. The minimum atomic E-state index is -3.62. The highest BCUT2D eigenvalue weighted by molar-refractivity contribution is 7.92. The molecule has 146 valence electrons. The predicted octanol–water partition coefficient (Wildman–Crippen LogP) is 3.73. The lowest BCUT2D eigenvalue weighted by molar-refractivity contribution is -0.122. The first-order valence-corrected chi connectivity index (χ1v) is 10.9. The lowest BCUT2D eigenvalue weighted by atomic mass is 10.0. The topological polar surface area (TPSA) is 66.5 Å². The Morgan fingerprint density at radius 2 is 1.70 bits per heavy atom. The molecule has 0 aliphatic carbocycles. The molecule has 0 saturated carbocycles. The quantitative estimate of drug-likeness (QED) is 0.786. The van der Waals surface area contributed by atoms with Gasteiger partial charge in [0.05, 0.1) is 18.0 Å². The highest BCUT2D eigenvalue weighted by atomic mass is 32.2. The second-order valence-electron chi connectivity index (χ2n) is 6.95. The number of rotatable bonds is 7. The molecule has 2 atom stereocenters. The molecule has 0 unspecified atom stereocenters. The van der Waals surface area contributed by atoms with Gasteiger partial charge in [-0.2, -0.15) is 0 Å². The summed E-state index contributed by atoms with van der Waals surface area (Å²) in [6.45, 7) is 7.50. The van der Waals surface area contributed by atoms with E-state index in [4.69, 9.17) is 0 Å². The molecular weight excluding hydrogens is 360 g/mol. The summed E-state index contributed by atoms with van der Waals surface area (Å²) in [5.41, 5.74) is 3.57. The summed E-state index contributed by atoms with van der Waals surface area (Å²) < 4.78 is 26.0. The molecule has 0 aliphatic heterocycles. The smallest absolute Gasteiger partial charge is 0.244 e. The lowest BCUT2D eigenvalue weighted by Crippen LogP contribution is -2.48. The fourth-order valence-electron chi connectivity index (χ4n) is 3.09. The van der Waals surface area contributed by atoms with Crippen LogP contribution in [0.2, 0.25) is 0 Å². The summed E-state index contributed by atoms with van der Waals surface area (Å²) in [6, 6.07) is 14.1. The molecule has 27 heavy (non-hydrogen) atoms. The maximum absolute atomic E-state index is 12.9. The summed E-state index contributed by atoms with van der Waals surface area (Å²) in [7, 11) is -3.62. The molecule has 0 heterocycles. The van der Waals surface area contributed by atoms with Gasteiger partial charge in [0.1, 0.15) is 6.04 Å². The van der Waals surface area contributed by atoms with Crippen LogP contribution >= 0.6 is 0 Å². The van der Waals surface area contributed by atoms with E-state index in [0.29, 0.717) is 12.1 Å². The van der Waals surface area contributed by atoms with Gasteiger partial charge in [-0.1, -0.05) is 48.9 Å². The second-order valence-corrected chi connectivity index (χ2v) is 8.81. The van der Waals surface area contributed by atoms with Crippen molar-refractivity contribution in [3.05, 3.63) is 65.2 Å². The predicted molar refractivity (Wildman–Crippen MR) is 110 cm³/mol. The van der Waals surface area contributed by atoms with Crippen molar-refractivity contribution in [1.82, 2.24) is 5.32 Å². The number of amides is 1. The minimum absolute atomic E-state index is 0.167. The van der Waals surface area contributed by atoms with Crippen molar-refractivity contribution < 1.29 is 13.2 Å². The van der Waals surface area contributed by atoms with E-state index < -0.39 is 16.1 Å². The molecule has 0 saturated heterocycles. The van der Waals surface area contributed by atoms with Gasteiger partial charge < -0.3 is 5.32 Å². The third kappa shape index (κ3) is 5.32. The van der Waals surface area contributed by atoms with Crippen molar-refractivity contribution in [1.29, 1.82) is 0 Å². The minimum Gasteiger partial charge on any atom is -0.347 e. The first-order valence-electron chi connectivity index (χ1n) is 9.06. The summed E-state index contributed by atoms with van der Waals surface area (Å²) in [6.07, 6.45) is 1.83. The molecule has 2 rings (SSSR count). The van der Waals surface area contributed by atoms with E-state index in [1.54, 1.807) is 25.1 Å². The van der Waals surface area contributed by atoms with Crippen LogP contribution in [0.15, 0.2) is 48.5 Å². The lowest BCUT2D eigenvalue weighted by Gasteiger charge is -2.30. The summed E-state index contributed by atoms with van der Waals surface area (Å²) in [5.74, 6) is -0.325. The van der Waals surface area contributed by atoms with Gasteiger partial charge in [-0.15, -0.1) is 0 Å². The third-order valence-corrected chi connectivity index (χ3v) is 5.79. The van der Waals surface area contributed by atoms with E-state index >= 15 is 0 Å². The number of nitrogens with one attached hydrogen (secondary N) is 1. The second kappa shape index (κ2) is 8.57. The Labute approximate surface area is 162 Å². The average molecular weight is 389 g/mol. The van der Waals surface area contributed by atoms with Gasteiger partial charge in [0.2, 0.25) is 15.9 Å². The highest BCUT2D eigenvalue weighted by Crippen LogP contribution is 2.23. The fraction of sp³-hybridized carbons (Fsp3) is 0.381. The van der Waals surface area contributed by atoms with Crippen LogP contribution in [-0.2, 0) is 14.8 Å². The van der Waals surface area contributed by atoms with Crippen molar-refractivity contribution >= 4 is 21.6 Å². The first-order chi connectivity index (χ1) is 12.6. The number of hydrogen-bond donors (Lipinski definition) is 1. The summed E-state index contributed by atoms with van der Waals surface area (Å²) in [5, 5.41) is 2.99. The maximum atomic E-state index is 12.9. The maximum Gasteiger partial charge on any atom is 0.244 e. The molecule has 5 nitrogen and oxygen atoms in total. The molecule has 0 aliphatic rings. The zero-order chi connectivity index (χ0) is 20.2. The number of sulfonamides is 1. The Morgan fingerprint density at radius 1 is 1.07 bits per heavy atom. The largest absolute Gasteiger partial charge is 0.347 e. The number of benzene rings is 2. The Bertz CT molecular complexity index is 892. The van der Waals surface area contributed by atoms with Gasteiger partial charge in [0.15, 0.2) is 0 Å². The monoisotopic (exact) mass is 388 g/mol. The fourth-order valence-corrected chi connectivity index (χ4v) is 4.25. The Balaban J connectivity index is 2.27. The molecule has 6 heteroatoms. The molecule has 0 bridgehead atoms. The van der Waals surface area contributed by atoms with Crippen LogP contribution in [0.25, 0.3) is 0 Å². The molecule has 2 aromatic carbocycles. The van der Waals surface area contributed by atoms with Gasteiger partial charge >= 0.3 is 0 Å². The molecule has 0 radical (unpaired) electrons. The van der Waals surface area contributed by atoms with E-state index in [2.05, 4.69) is 5.32 Å². The molecule has 1 N–H and O–H groups in total. The molecule has 0 aromatic heterocycles. The first kappa shape index (κ1) is 21.0. The van der Waals surface area contributed by atoms with Crippen LogP contribution in [0.4, 0.5) is 5.69 Å². The average Bonchev–Trinajstić information content (AvgIpc) is 2.59. The number of carbonyl (C=O) groups is 1. The molecule has 0 spiro atoms. The zero-order valence-corrected chi connectivity index (χ0v) is 17.4. The van der Waals surface area contributed by atoms with Crippen LogP contribution in [0, 0.1) is 13.8 Å². The Morgan fingerprint density at radius 3 is 2.22 bits per heavy atom. The van der Waals surface area contributed by atoms with E-state index in [1.165, 1.54) is 4.31 Å². The number of nitrogens with zero attached hydrogens (tertiary/aromatic N) is 1. The molecular formula is C21H28N2O3S. The van der Waals surface area contributed by atoms with Crippen molar-refractivity contribution in [2.75, 3.05) is 10.6 Å². The van der Waals surface area contributed by atoms with Crippen molar-refractivity contribution in [2.45, 2.75) is 46.2 Å². The third-order valence-electron chi connectivity index (χ3n) is 4.55.